The van der Waals surface area contributed by atoms with Crippen molar-refractivity contribution < 1.29 is 23.1 Å². The number of nitrogens with one attached hydrogen (secondary N) is 2. The van der Waals surface area contributed by atoms with E-state index >= 15 is 0 Å². The van der Waals surface area contributed by atoms with E-state index < -0.39 is 33.4 Å². The Bertz CT molecular complexity index is 483. The number of hydrogen-bond acceptors (Lipinski definition) is 4. The molecule has 0 spiro atoms. The number of carboxylic acid groups (broad SMARTS) is 1. The minimum atomic E-state index is -3.09. The zero-order valence-corrected chi connectivity index (χ0v) is 11.3. The van der Waals surface area contributed by atoms with Crippen molar-refractivity contribution in [2.24, 2.45) is 0 Å². The summed E-state index contributed by atoms with van der Waals surface area (Å²) in [5.41, 5.74) is -1.17. The first kappa shape index (κ1) is 14.1. The van der Waals surface area contributed by atoms with E-state index in [-0.39, 0.29) is 11.5 Å². The lowest BCUT2D eigenvalue weighted by atomic mass is 9.77. The summed E-state index contributed by atoms with van der Waals surface area (Å²) < 4.78 is 22.9. The molecule has 2 amide bonds. The van der Waals surface area contributed by atoms with Crippen LogP contribution in [-0.2, 0) is 14.6 Å². The number of rotatable bonds is 3. The lowest BCUT2D eigenvalue weighted by molar-refractivity contribution is -0.148. The first-order valence-corrected chi connectivity index (χ1v) is 8.18. The fourth-order valence-corrected chi connectivity index (χ4v) is 4.13. The van der Waals surface area contributed by atoms with E-state index in [1.165, 1.54) is 0 Å². The number of urea groups is 1. The first-order valence-electron chi connectivity index (χ1n) is 6.35. The average molecular weight is 290 g/mol. The minimum Gasteiger partial charge on any atom is -0.480 e. The highest BCUT2D eigenvalue weighted by atomic mass is 32.2. The van der Waals surface area contributed by atoms with E-state index in [4.69, 9.17) is 5.11 Å². The summed E-state index contributed by atoms with van der Waals surface area (Å²) in [6, 6.07) is -1.02. The zero-order chi connectivity index (χ0) is 14.1. The summed E-state index contributed by atoms with van der Waals surface area (Å²) in [5, 5.41) is 14.1. The predicted molar refractivity (Wildman–Crippen MR) is 67.6 cm³/mol. The molecule has 1 aliphatic heterocycles. The van der Waals surface area contributed by atoms with Crippen molar-refractivity contribution in [1.82, 2.24) is 10.6 Å². The Kier molecular flexibility index (Phi) is 3.71. The third-order valence-corrected chi connectivity index (χ3v) is 5.59. The molecule has 0 aromatic carbocycles. The second-order valence-electron chi connectivity index (χ2n) is 5.29. The van der Waals surface area contributed by atoms with Gasteiger partial charge in [0.05, 0.1) is 11.5 Å². The van der Waals surface area contributed by atoms with Crippen molar-refractivity contribution in [3.05, 3.63) is 0 Å². The fourth-order valence-electron chi connectivity index (χ4n) is 2.50. The van der Waals surface area contributed by atoms with Gasteiger partial charge in [0.2, 0.25) is 0 Å². The molecule has 7 nitrogen and oxygen atoms in total. The van der Waals surface area contributed by atoms with Gasteiger partial charge in [-0.3, -0.25) is 0 Å². The zero-order valence-electron chi connectivity index (χ0n) is 10.5. The van der Waals surface area contributed by atoms with Crippen molar-refractivity contribution >= 4 is 21.8 Å². The average Bonchev–Trinajstić information content (AvgIpc) is 2.21. The Morgan fingerprint density at radius 3 is 2.37 bits per heavy atom. The van der Waals surface area contributed by atoms with Gasteiger partial charge in [-0.05, 0) is 32.1 Å². The van der Waals surface area contributed by atoms with Gasteiger partial charge in [-0.1, -0.05) is 0 Å². The quantitative estimate of drug-likeness (QED) is 0.670. The third-order valence-electron chi connectivity index (χ3n) is 3.77. The van der Waals surface area contributed by atoms with E-state index in [0.717, 1.165) is 6.42 Å². The lowest BCUT2D eigenvalue weighted by Crippen LogP contribution is -2.62. The maximum absolute atomic E-state index is 11.8. The number of carbonyl (C=O) groups is 2. The molecular weight excluding hydrogens is 272 g/mol. The van der Waals surface area contributed by atoms with Gasteiger partial charge in [-0.2, -0.15) is 0 Å². The molecule has 0 aromatic rings. The van der Waals surface area contributed by atoms with Crippen LogP contribution in [-0.4, -0.2) is 48.6 Å². The molecule has 0 bridgehead atoms. The molecule has 1 unspecified atom stereocenters. The summed E-state index contributed by atoms with van der Waals surface area (Å²) in [6.07, 6.45) is 2.73. The SMILES string of the molecule is O=C(NC1CCCS(=O)(=O)C1)NC1(C(=O)O)CCC1. The van der Waals surface area contributed by atoms with Gasteiger partial charge in [0.15, 0.2) is 9.84 Å². The Morgan fingerprint density at radius 2 is 1.89 bits per heavy atom. The second kappa shape index (κ2) is 4.99. The largest absolute Gasteiger partial charge is 0.480 e. The number of carboxylic acids is 1. The lowest BCUT2D eigenvalue weighted by Gasteiger charge is -2.38. The highest BCUT2D eigenvalue weighted by Crippen LogP contribution is 2.31. The van der Waals surface area contributed by atoms with Crippen molar-refractivity contribution in [3.63, 3.8) is 0 Å². The van der Waals surface area contributed by atoms with Crippen molar-refractivity contribution in [2.75, 3.05) is 11.5 Å². The predicted octanol–water partition coefficient (Wildman–Crippen LogP) is -0.130. The molecule has 19 heavy (non-hydrogen) atoms. The van der Waals surface area contributed by atoms with E-state index in [9.17, 15) is 18.0 Å². The van der Waals surface area contributed by atoms with Crippen LogP contribution in [0.3, 0.4) is 0 Å². The molecule has 1 saturated heterocycles. The molecule has 2 aliphatic rings. The van der Waals surface area contributed by atoms with Crippen LogP contribution in [0.15, 0.2) is 0 Å². The summed E-state index contributed by atoms with van der Waals surface area (Å²) >= 11 is 0. The molecular formula is C11H18N2O5S. The Labute approximate surface area is 111 Å². The molecule has 8 heteroatoms. The normalized spacial score (nSPS) is 27.9. The molecule has 2 fully saturated rings. The summed E-state index contributed by atoms with van der Waals surface area (Å²) in [5.74, 6) is -0.947. The molecule has 1 aliphatic carbocycles. The Morgan fingerprint density at radius 1 is 1.21 bits per heavy atom. The van der Waals surface area contributed by atoms with Gasteiger partial charge in [0.25, 0.3) is 0 Å². The maximum Gasteiger partial charge on any atom is 0.329 e. The first-order chi connectivity index (χ1) is 8.83. The van der Waals surface area contributed by atoms with Crippen LogP contribution in [0.5, 0.6) is 0 Å². The van der Waals surface area contributed by atoms with Crippen LogP contribution in [0.4, 0.5) is 4.79 Å². The Hall–Kier alpha value is -1.31. The molecule has 1 heterocycles. The minimum absolute atomic E-state index is 0.0690. The summed E-state index contributed by atoms with van der Waals surface area (Å²) in [6.45, 7) is 0. The van der Waals surface area contributed by atoms with Gasteiger partial charge in [-0.25, -0.2) is 18.0 Å². The monoisotopic (exact) mass is 290 g/mol. The number of hydrogen-bond donors (Lipinski definition) is 3. The van der Waals surface area contributed by atoms with Crippen molar-refractivity contribution in [3.8, 4) is 0 Å². The van der Waals surface area contributed by atoms with Crippen LogP contribution in [0, 0.1) is 0 Å². The van der Waals surface area contributed by atoms with E-state index in [2.05, 4.69) is 10.6 Å². The van der Waals surface area contributed by atoms with Crippen LogP contribution in [0.25, 0.3) is 0 Å². The number of sulfone groups is 1. The van der Waals surface area contributed by atoms with Gasteiger partial charge in [0, 0.05) is 6.04 Å². The Balaban J connectivity index is 1.89. The molecule has 3 N–H and O–H groups in total. The van der Waals surface area contributed by atoms with Crippen LogP contribution < -0.4 is 10.6 Å². The van der Waals surface area contributed by atoms with Gasteiger partial charge in [0.1, 0.15) is 5.54 Å². The third kappa shape index (κ3) is 3.17. The van der Waals surface area contributed by atoms with Crippen LogP contribution >= 0.6 is 0 Å². The van der Waals surface area contributed by atoms with Gasteiger partial charge >= 0.3 is 12.0 Å². The standard InChI is InChI=1S/C11H18N2O5S/c14-9(15)11(4-2-5-11)13-10(16)12-8-3-1-6-19(17,18)7-8/h8H,1-7H2,(H,14,15)(H2,12,13,16). The highest BCUT2D eigenvalue weighted by molar-refractivity contribution is 7.91. The molecule has 0 radical (unpaired) electrons. The molecule has 1 atom stereocenters. The van der Waals surface area contributed by atoms with Crippen LogP contribution in [0.1, 0.15) is 32.1 Å². The summed E-state index contributed by atoms with van der Waals surface area (Å²) in [7, 11) is -3.09. The molecule has 0 aromatic heterocycles. The fraction of sp³-hybridized carbons (Fsp3) is 0.818. The second-order valence-corrected chi connectivity index (χ2v) is 7.52. The maximum atomic E-state index is 11.8. The van der Waals surface area contributed by atoms with Crippen LogP contribution in [0.2, 0.25) is 0 Å². The summed E-state index contributed by atoms with van der Waals surface area (Å²) in [4.78, 5) is 22.9. The smallest absolute Gasteiger partial charge is 0.329 e. The highest BCUT2D eigenvalue weighted by Gasteiger charge is 2.46. The molecule has 2 rings (SSSR count). The number of aliphatic carboxylic acids is 1. The molecule has 108 valence electrons. The van der Waals surface area contributed by atoms with Gasteiger partial charge < -0.3 is 15.7 Å². The van der Waals surface area contributed by atoms with E-state index in [1.807, 2.05) is 0 Å². The van der Waals surface area contributed by atoms with E-state index in [0.29, 0.717) is 25.7 Å². The van der Waals surface area contributed by atoms with Gasteiger partial charge in [-0.15, -0.1) is 0 Å². The van der Waals surface area contributed by atoms with E-state index in [1.54, 1.807) is 0 Å². The topological polar surface area (TPSA) is 113 Å². The number of amides is 2. The number of carbonyl (C=O) groups excluding carboxylic acids is 1. The van der Waals surface area contributed by atoms with Crippen molar-refractivity contribution in [1.29, 1.82) is 0 Å². The molecule has 1 saturated carbocycles. The van der Waals surface area contributed by atoms with Crippen molar-refractivity contribution in [2.45, 2.75) is 43.7 Å².